The Labute approximate surface area is 180 Å². The van der Waals surface area contributed by atoms with Crippen LogP contribution in [0.1, 0.15) is 18.5 Å². The number of urea groups is 1. The molecule has 0 spiro atoms. The minimum atomic E-state index is -0.338. The molecule has 3 N–H and O–H groups in total. The van der Waals surface area contributed by atoms with E-state index in [-0.39, 0.29) is 6.03 Å². The zero-order valence-electron chi connectivity index (χ0n) is 16.7. The highest BCUT2D eigenvalue weighted by molar-refractivity contribution is 6.30. The number of aromatic nitrogens is 2. The molecule has 1 fully saturated rings. The number of hydrogen-bond acceptors (Lipinski definition) is 5. The number of nitrogens with one attached hydrogen (secondary N) is 3. The standard InChI is InChI=1S/C22H23ClN6O/c1-15-13-20(29-11-2-3-12-29)28-21(24-15)25-17-7-9-18(10-8-17)26-22(30)27-19-6-4-5-16(23)14-19/h4-10,13-14H,2-3,11-12H2,1H3,(H,24,25,28)(H2,26,27,30). The minimum absolute atomic E-state index is 0.338. The maximum Gasteiger partial charge on any atom is 0.323 e. The number of nitrogens with zero attached hydrogens (tertiary/aromatic N) is 3. The van der Waals surface area contributed by atoms with Crippen LogP contribution in [-0.2, 0) is 0 Å². The van der Waals surface area contributed by atoms with Crippen molar-refractivity contribution in [2.75, 3.05) is 33.9 Å². The SMILES string of the molecule is Cc1cc(N2CCCC2)nc(Nc2ccc(NC(=O)Nc3cccc(Cl)c3)cc2)n1. The van der Waals surface area contributed by atoms with Crippen molar-refractivity contribution >= 4 is 46.5 Å². The van der Waals surface area contributed by atoms with Gasteiger partial charge in [0.1, 0.15) is 5.82 Å². The molecule has 3 aromatic rings. The van der Waals surface area contributed by atoms with Crippen LogP contribution in [0.4, 0.5) is 33.6 Å². The van der Waals surface area contributed by atoms with Gasteiger partial charge in [-0.2, -0.15) is 4.98 Å². The van der Waals surface area contributed by atoms with E-state index in [0.29, 0.717) is 22.3 Å². The van der Waals surface area contributed by atoms with Crippen molar-refractivity contribution in [1.82, 2.24) is 9.97 Å². The Morgan fingerprint density at radius 2 is 1.63 bits per heavy atom. The molecule has 0 radical (unpaired) electrons. The van der Waals surface area contributed by atoms with Gasteiger partial charge >= 0.3 is 6.03 Å². The molecule has 2 aromatic carbocycles. The maximum atomic E-state index is 12.2. The van der Waals surface area contributed by atoms with Gasteiger partial charge in [-0.1, -0.05) is 17.7 Å². The zero-order valence-corrected chi connectivity index (χ0v) is 17.4. The van der Waals surface area contributed by atoms with Crippen LogP contribution in [0, 0.1) is 6.92 Å². The molecule has 0 unspecified atom stereocenters. The van der Waals surface area contributed by atoms with E-state index < -0.39 is 0 Å². The van der Waals surface area contributed by atoms with Crippen LogP contribution in [0.5, 0.6) is 0 Å². The van der Waals surface area contributed by atoms with Crippen molar-refractivity contribution in [3.05, 3.63) is 65.3 Å². The first-order valence-electron chi connectivity index (χ1n) is 9.86. The predicted molar refractivity (Wildman–Crippen MR) is 122 cm³/mol. The second kappa shape index (κ2) is 9.00. The summed E-state index contributed by atoms with van der Waals surface area (Å²) in [5, 5.41) is 9.36. The monoisotopic (exact) mass is 422 g/mol. The number of carbonyl (C=O) groups is 1. The summed E-state index contributed by atoms with van der Waals surface area (Å²) in [6, 6.07) is 16.0. The van der Waals surface area contributed by atoms with Gasteiger partial charge in [-0.15, -0.1) is 0 Å². The van der Waals surface area contributed by atoms with E-state index in [0.717, 1.165) is 30.3 Å². The topological polar surface area (TPSA) is 82.2 Å². The number of benzene rings is 2. The Morgan fingerprint density at radius 3 is 2.37 bits per heavy atom. The molecule has 1 aliphatic heterocycles. The van der Waals surface area contributed by atoms with Gasteiger partial charge in [0.05, 0.1) is 0 Å². The van der Waals surface area contributed by atoms with Gasteiger partial charge in [0, 0.05) is 46.9 Å². The molecule has 0 aliphatic carbocycles. The van der Waals surface area contributed by atoms with Gasteiger partial charge < -0.3 is 20.9 Å². The summed E-state index contributed by atoms with van der Waals surface area (Å²) in [6.07, 6.45) is 2.40. The fourth-order valence-electron chi connectivity index (χ4n) is 3.34. The number of amides is 2. The number of carbonyl (C=O) groups excluding carboxylic acids is 1. The Morgan fingerprint density at radius 1 is 0.933 bits per heavy atom. The summed E-state index contributed by atoms with van der Waals surface area (Å²) >= 11 is 5.94. The highest BCUT2D eigenvalue weighted by atomic mass is 35.5. The molecule has 2 heterocycles. The van der Waals surface area contributed by atoms with Crippen molar-refractivity contribution in [3.63, 3.8) is 0 Å². The second-order valence-corrected chi connectivity index (χ2v) is 7.61. The fraction of sp³-hybridized carbons (Fsp3) is 0.227. The van der Waals surface area contributed by atoms with Crippen LogP contribution in [0.3, 0.4) is 0 Å². The maximum absolute atomic E-state index is 12.2. The molecule has 30 heavy (non-hydrogen) atoms. The number of rotatable bonds is 5. The van der Waals surface area contributed by atoms with Crippen molar-refractivity contribution < 1.29 is 4.79 Å². The van der Waals surface area contributed by atoms with Crippen LogP contribution in [0.15, 0.2) is 54.6 Å². The lowest BCUT2D eigenvalue weighted by molar-refractivity contribution is 0.262. The average Bonchev–Trinajstić information content (AvgIpc) is 3.24. The molecule has 1 aliphatic rings. The smallest absolute Gasteiger partial charge is 0.323 e. The van der Waals surface area contributed by atoms with Crippen molar-refractivity contribution in [3.8, 4) is 0 Å². The summed E-state index contributed by atoms with van der Waals surface area (Å²) in [4.78, 5) is 23.6. The Bertz CT molecular complexity index is 1030. The van der Waals surface area contributed by atoms with Crippen LogP contribution in [-0.4, -0.2) is 29.1 Å². The lowest BCUT2D eigenvalue weighted by atomic mass is 10.3. The van der Waals surface area contributed by atoms with Crippen LogP contribution >= 0.6 is 11.6 Å². The summed E-state index contributed by atoms with van der Waals surface area (Å²) in [5.74, 6) is 1.52. The first-order chi connectivity index (χ1) is 14.5. The number of aryl methyl sites for hydroxylation is 1. The zero-order chi connectivity index (χ0) is 20.9. The van der Waals surface area contributed by atoms with Crippen molar-refractivity contribution in [1.29, 1.82) is 0 Å². The molecule has 154 valence electrons. The Kier molecular flexibility index (Phi) is 5.99. The molecule has 2 amide bonds. The molecule has 4 rings (SSSR count). The van der Waals surface area contributed by atoms with E-state index in [1.165, 1.54) is 12.8 Å². The van der Waals surface area contributed by atoms with E-state index in [1.807, 2.05) is 37.3 Å². The number of anilines is 5. The van der Waals surface area contributed by atoms with Gasteiger partial charge in [0.15, 0.2) is 0 Å². The van der Waals surface area contributed by atoms with E-state index in [1.54, 1.807) is 24.3 Å². The summed E-state index contributed by atoms with van der Waals surface area (Å²) in [7, 11) is 0. The quantitative estimate of drug-likeness (QED) is 0.511. The predicted octanol–water partition coefficient (Wildman–Crippen LogP) is 5.43. The third-order valence-electron chi connectivity index (χ3n) is 4.75. The Hall–Kier alpha value is -3.32. The van der Waals surface area contributed by atoms with Gasteiger partial charge in [-0.3, -0.25) is 0 Å². The van der Waals surface area contributed by atoms with E-state index in [2.05, 4.69) is 30.8 Å². The molecule has 7 nitrogen and oxygen atoms in total. The van der Waals surface area contributed by atoms with Gasteiger partial charge in [-0.25, -0.2) is 9.78 Å². The van der Waals surface area contributed by atoms with E-state index in [9.17, 15) is 4.79 Å². The molecule has 8 heteroatoms. The first kappa shape index (κ1) is 20.0. The highest BCUT2D eigenvalue weighted by Gasteiger charge is 2.15. The molecule has 0 bridgehead atoms. The lowest BCUT2D eigenvalue weighted by Crippen LogP contribution is -2.20. The summed E-state index contributed by atoms with van der Waals surface area (Å²) in [5.41, 5.74) is 3.06. The fourth-order valence-corrected chi connectivity index (χ4v) is 3.53. The van der Waals surface area contributed by atoms with Crippen LogP contribution < -0.4 is 20.9 Å². The number of halogens is 1. The normalized spacial score (nSPS) is 13.2. The molecule has 1 aromatic heterocycles. The molecular formula is C22H23ClN6O. The summed E-state index contributed by atoms with van der Waals surface area (Å²) in [6.45, 7) is 4.04. The van der Waals surface area contributed by atoms with Gasteiger partial charge in [0.25, 0.3) is 0 Å². The third kappa shape index (κ3) is 5.18. The van der Waals surface area contributed by atoms with Gasteiger partial charge in [0.2, 0.25) is 5.95 Å². The van der Waals surface area contributed by atoms with Crippen molar-refractivity contribution in [2.45, 2.75) is 19.8 Å². The third-order valence-corrected chi connectivity index (χ3v) is 4.99. The first-order valence-corrected chi connectivity index (χ1v) is 10.2. The molecule has 1 saturated heterocycles. The summed E-state index contributed by atoms with van der Waals surface area (Å²) < 4.78 is 0. The molecular weight excluding hydrogens is 400 g/mol. The minimum Gasteiger partial charge on any atom is -0.356 e. The van der Waals surface area contributed by atoms with Gasteiger partial charge in [-0.05, 0) is 62.2 Å². The largest absolute Gasteiger partial charge is 0.356 e. The molecule has 0 saturated carbocycles. The number of hydrogen-bond donors (Lipinski definition) is 3. The van der Waals surface area contributed by atoms with E-state index in [4.69, 9.17) is 11.6 Å². The Balaban J connectivity index is 1.38. The van der Waals surface area contributed by atoms with Crippen LogP contribution in [0.2, 0.25) is 5.02 Å². The second-order valence-electron chi connectivity index (χ2n) is 7.18. The average molecular weight is 423 g/mol. The van der Waals surface area contributed by atoms with Crippen LogP contribution in [0.25, 0.3) is 0 Å². The molecule has 0 atom stereocenters. The van der Waals surface area contributed by atoms with Crippen molar-refractivity contribution in [2.24, 2.45) is 0 Å². The lowest BCUT2D eigenvalue weighted by Gasteiger charge is -2.17. The highest BCUT2D eigenvalue weighted by Crippen LogP contribution is 2.22. The van der Waals surface area contributed by atoms with E-state index >= 15 is 0 Å².